The Morgan fingerprint density at radius 3 is 3.00 bits per heavy atom. The third-order valence-electron chi connectivity index (χ3n) is 1.83. The molecular formula is C9H6ClNO2. The van der Waals surface area contributed by atoms with Gasteiger partial charge in [0.1, 0.15) is 0 Å². The maximum absolute atomic E-state index is 11.0. The average Bonchev–Trinajstić information content (AvgIpc) is 2.47. The zero-order valence-corrected chi connectivity index (χ0v) is 7.63. The molecule has 0 aliphatic carbocycles. The summed E-state index contributed by atoms with van der Waals surface area (Å²) in [5.74, 6) is -0.00516. The Labute approximate surface area is 79.3 Å². The molecule has 0 unspecified atom stereocenters. The topological polar surface area (TPSA) is 43.1 Å². The van der Waals surface area contributed by atoms with Gasteiger partial charge in [0.15, 0.2) is 16.5 Å². The van der Waals surface area contributed by atoms with Crippen LogP contribution in [-0.4, -0.2) is 10.9 Å². The molecular weight excluding hydrogens is 190 g/mol. The van der Waals surface area contributed by atoms with E-state index >= 15 is 0 Å². The number of fused-ring (bicyclic) bond motifs is 1. The molecule has 13 heavy (non-hydrogen) atoms. The molecule has 0 saturated heterocycles. The summed E-state index contributed by atoms with van der Waals surface area (Å²) >= 11 is 5.71. The van der Waals surface area contributed by atoms with E-state index in [2.05, 4.69) is 5.16 Å². The van der Waals surface area contributed by atoms with Gasteiger partial charge < -0.3 is 4.52 Å². The number of rotatable bonds is 1. The summed E-state index contributed by atoms with van der Waals surface area (Å²) in [5.41, 5.74) is 1.14. The Balaban J connectivity index is 2.70. The second kappa shape index (κ2) is 2.85. The largest absolute Gasteiger partial charge is 0.355 e. The Morgan fingerprint density at radius 1 is 1.54 bits per heavy atom. The summed E-state index contributed by atoms with van der Waals surface area (Å²) in [6.45, 7) is 1.50. The number of hydrogen-bond acceptors (Lipinski definition) is 3. The highest BCUT2D eigenvalue weighted by molar-refractivity contribution is 6.34. The fraction of sp³-hybridized carbons (Fsp3) is 0.111. The molecule has 0 radical (unpaired) electrons. The minimum Gasteiger partial charge on any atom is -0.355 e. The van der Waals surface area contributed by atoms with Gasteiger partial charge in [-0.15, -0.1) is 0 Å². The van der Waals surface area contributed by atoms with Crippen LogP contribution < -0.4 is 0 Å². The number of halogens is 1. The van der Waals surface area contributed by atoms with E-state index in [1.807, 2.05) is 0 Å². The SMILES string of the molecule is CC(=O)c1ccc2c(Cl)noc2c1. The normalized spacial score (nSPS) is 10.6. The van der Waals surface area contributed by atoms with E-state index in [9.17, 15) is 4.79 Å². The molecule has 1 aromatic carbocycles. The Morgan fingerprint density at radius 2 is 2.31 bits per heavy atom. The third-order valence-corrected chi connectivity index (χ3v) is 2.11. The Kier molecular flexibility index (Phi) is 1.81. The van der Waals surface area contributed by atoms with Gasteiger partial charge in [0.2, 0.25) is 0 Å². The van der Waals surface area contributed by atoms with E-state index in [-0.39, 0.29) is 5.78 Å². The number of carbonyl (C=O) groups excluding carboxylic acids is 1. The van der Waals surface area contributed by atoms with E-state index in [1.54, 1.807) is 18.2 Å². The maximum Gasteiger partial charge on any atom is 0.179 e. The lowest BCUT2D eigenvalue weighted by atomic mass is 10.1. The highest BCUT2D eigenvalue weighted by atomic mass is 35.5. The van der Waals surface area contributed by atoms with Crippen LogP contribution in [0.5, 0.6) is 0 Å². The van der Waals surface area contributed by atoms with Crippen LogP contribution in [0.3, 0.4) is 0 Å². The van der Waals surface area contributed by atoms with Gasteiger partial charge in [-0.3, -0.25) is 4.79 Å². The van der Waals surface area contributed by atoms with Crippen LogP contribution in [0.1, 0.15) is 17.3 Å². The Hall–Kier alpha value is -1.35. The van der Waals surface area contributed by atoms with Crippen molar-refractivity contribution in [2.75, 3.05) is 0 Å². The molecule has 0 bridgehead atoms. The first-order valence-corrected chi connectivity index (χ1v) is 4.12. The standard InChI is InChI=1S/C9H6ClNO2/c1-5(12)6-2-3-7-8(4-6)13-11-9(7)10/h2-4H,1H3. The van der Waals surface area contributed by atoms with Crippen molar-refractivity contribution in [3.63, 3.8) is 0 Å². The predicted octanol–water partition coefficient (Wildman–Crippen LogP) is 2.68. The summed E-state index contributed by atoms with van der Waals surface area (Å²) in [7, 11) is 0. The molecule has 0 N–H and O–H groups in total. The zero-order chi connectivity index (χ0) is 9.42. The van der Waals surface area contributed by atoms with Crippen molar-refractivity contribution >= 4 is 28.4 Å². The third kappa shape index (κ3) is 1.31. The van der Waals surface area contributed by atoms with Gasteiger partial charge in [0.05, 0.1) is 5.39 Å². The molecule has 0 atom stereocenters. The lowest BCUT2D eigenvalue weighted by Gasteiger charge is -1.92. The van der Waals surface area contributed by atoms with Crippen molar-refractivity contribution in [1.82, 2.24) is 5.16 Å². The molecule has 0 aliphatic rings. The molecule has 4 heteroatoms. The van der Waals surface area contributed by atoms with Crippen molar-refractivity contribution in [3.05, 3.63) is 28.9 Å². The molecule has 0 saturated carbocycles. The molecule has 0 spiro atoms. The van der Waals surface area contributed by atoms with Crippen LogP contribution in [0.4, 0.5) is 0 Å². The number of benzene rings is 1. The fourth-order valence-electron chi connectivity index (χ4n) is 1.13. The number of hydrogen-bond donors (Lipinski definition) is 0. The Bertz CT molecular complexity index is 475. The quantitative estimate of drug-likeness (QED) is 0.657. The summed E-state index contributed by atoms with van der Waals surface area (Å²) in [6.07, 6.45) is 0. The van der Waals surface area contributed by atoms with E-state index in [0.29, 0.717) is 16.3 Å². The summed E-state index contributed by atoms with van der Waals surface area (Å²) in [6, 6.07) is 5.06. The van der Waals surface area contributed by atoms with Gasteiger partial charge in [-0.05, 0) is 19.1 Å². The minimum absolute atomic E-state index is 0.00516. The van der Waals surface area contributed by atoms with Crippen LogP contribution in [0.2, 0.25) is 5.15 Å². The van der Waals surface area contributed by atoms with Gasteiger partial charge >= 0.3 is 0 Å². The second-order valence-electron chi connectivity index (χ2n) is 2.74. The highest BCUT2D eigenvalue weighted by Gasteiger charge is 2.07. The fourth-order valence-corrected chi connectivity index (χ4v) is 1.32. The van der Waals surface area contributed by atoms with Crippen LogP contribution in [-0.2, 0) is 0 Å². The van der Waals surface area contributed by atoms with Gasteiger partial charge in [-0.25, -0.2) is 0 Å². The van der Waals surface area contributed by atoms with Crippen LogP contribution in [0.25, 0.3) is 11.0 Å². The van der Waals surface area contributed by atoms with Crippen LogP contribution in [0, 0.1) is 0 Å². The molecule has 2 rings (SSSR count). The van der Waals surface area contributed by atoms with Crippen molar-refractivity contribution in [2.45, 2.75) is 6.92 Å². The predicted molar refractivity (Wildman–Crippen MR) is 49.0 cm³/mol. The second-order valence-corrected chi connectivity index (χ2v) is 3.10. The number of aromatic nitrogens is 1. The summed E-state index contributed by atoms with van der Waals surface area (Å²) in [4.78, 5) is 11.0. The first kappa shape index (κ1) is 8.26. The smallest absolute Gasteiger partial charge is 0.179 e. The molecule has 2 aromatic rings. The lowest BCUT2D eigenvalue weighted by Crippen LogP contribution is -1.89. The van der Waals surface area contributed by atoms with Gasteiger partial charge in [-0.1, -0.05) is 22.8 Å². The van der Waals surface area contributed by atoms with Crippen molar-refractivity contribution in [2.24, 2.45) is 0 Å². The molecule has 3 nitrogen and oxygen atoms in total. The first-order valence-electron chi connectivity index (χ1n) is 3.74. The summed E-state index contributed by atoms with van der Waals surface area (Å²) in [5, 5.41) is 4.63. The first-order chi connectivity index (χ1) is 6.18. The maximum atomic E-state index is 11.0. The van der Waals surface area contributed by atoms with Gasteiger partial charge in [0, 0.05) is 5.56 Å². The number of ketones is 1. The molecule has 1 heterocycles. The minimum atomic E-state index is -0.00516. The van der Waals surface area contributed by atoms with Gasteiger partial charge in [0.25, 0.3) is 0 Å². The highest BCUT2D eigenvalue weighted by Crippen LogP contribution is 2.23. The molecule has 0 aliphatic heterocycles. The van der Waals surface area contributed by atoms with E-state index in [0.717, 1.165) is 5.39 Å². The van der Waals surface area contributed by atoms with Gasteiger partial charge in [-0.2, -0.15) is 0 Å². The number of carbonyl (C=O) groups is 1. The van der Waals surface area contributed by atoms with Crippen LogP contribution >= 0.6 is 11.6 Å². The molecule has 1 aromatic heterocycles. The number of nitrogens with zero attached hydrogens (tertiary/aromatic N) is 1. The van der Waals surface area contributed by atoms with Crippen molar-refractivity contribution in [1.29, 1.82) is 0 Å². The number of Topliss-reactive ketones (excluding diaryl/α,β-unsaturated/α-hetero) is 1. The van der Waals surface area contributed by atoms with E-state index < -0.39 is 0 Å². The monoisotopic (exact) mass is 195 g/mol. The zero-order valence-electron chi connectivity index (χ0n) is 6.87. The van der Waals surface area contributed by atoms with E-state index in [1.165, 1.54) is 6.92 Å². The van der Waals surface area contributed by atoms with Crippen LogP contribution in [0.15, 0.2) is 22.7 Å². The average molecular weight is 196 g/mol. The van der Waals surface area contributed by atoms with E-state index in [4.69, 9.17) is 16.1 Å². The molecule has 66 valence electrons. The lowest BCUT2D eigenvalue weighted by molar-refractivity contribution is 0.101. The van der Waals surface area contributed by atoms with Crippen molar-refractivity contribution in [3.8, 4) is 0 Å². The molecule has 0 amide bonds. The summed E-state index contributed by atoms with van der Waals surface area (Å²) < 4.78 is 4.91. The molecule has 0 fully saturated rings. The van der Waals surface area contributed by atoms with Crippen molar-refractivity contribution < 1.29 is 9.32 Å².